The molecule has 1 aromatic carbocycles. The first-order valence-electron chi connectivity index (χ1n) is 5.69. The molecule has 1 N–H and O–H groups in total. The van der Waals surface area contributed by atoms with Crippen molar-refractivity contribution >= 4 is 5.78 Å². The Morgan fingerprint density at radius 2 is 1.94 bits per heavy atom. The van der Waals surface area contributed by atoms with E-state index >= 15 is 0 Å². The zero-order valence-electron chi connectivity index (χ0n) is 9.28. The monoisotopic (exact) mass is 227 g/mol. The van der Waals surface area contributed by atoms with E-state index in [1.54, 1.807) is 0 Å². The Morgan fingerprint density at radius 3 is 2.71 bits per heavy atom. The van der Waals surface area contributed by atoms with Gasteiger partial charge in [-0.15, -0.1) is 0 Å². The maximum absolute atomic E-state index is 11.9. The third-order valence-corrected chi connectivity index (χ3v) is 3.29. The number of nitrogens with zero attached hydrogens (tertiary/aromatic N) is 1. The largest absolute Gasteiger partial charge is 0.386 e. The van der Waals surface area contributed by atoms with Crippen molar-refractivity contribution in [2.75, 3.05) is 0 Å². The molecule has 0 saturated heterocycles. The van der Waals surface area contributed by atoms with Gasteiger partial charge in [-0.3, -0.25) is 4.79 Å². The summed E-state index contributed by atoms with van der Waals surface area (Å²) in [5, 5.41) is 10.3. The number of carbonyl (C=O) groups is 1. The molecule has 0 aliphatic carbocycles. The van der Waals surface area contributed by atoms with Crippen molar-refractivity contribution in [3.8, 4) is 0 Å². The van der Waals surface area contributed by atoms with Crippen LogP contribution in [-0.2, 0) is 11.2 Å². The number of carbonyl (C=O) groups excluding carboxylic acids is 1. The van der Waals surface area contributed by atoms with Crippen LogP contribution in [0, 0.1) is 0 Å². The Morgan fingerprint density at radius 1 is 1.18 bits per heavy atom. The predicted molar refractivity (Wildman–Crippen MR) is 63.6 cm³/mol. The Hall–Kier alpha value is -1.87. The summed E-state index contributed by atoms with van der Waals surface area (Å²) in [7, 11) is 0. The molecule has 0 fully saturated rings. The SMILES string of the molecule is O=C1Cc2cccn2C1C(O)c1ccccc1. The Balaban J connectivity index is 1.98. The second kappa shape index (κ2) is 3.86. The van der Waals surface area contributed by atoms with Crippen LogP contribution in [0.15, 0.2) is 48.7 Å². The van der Waals surface area contributed by atoms with E-state index in [2.05, 4.69) is 0 Å². The summed E-state index contributed by atoms with van der Waals surface area (Å²) in [5.74, 6) is 0.0805. The Labute approximate surface area is 99.3 Å². The molecule has 2 aromatic rings. The van der Waals surface area contributed by atoms with Gasteiger partial charge in [0.05, 0.1) is 0 Å². The van der Waals surface area contributed by atoms with Gasteiger partial charge in [-0.1, -0.05) is 30.3 Å². The first kappa shape index (κ1) is 10.3. The van der Waals surface area contributed by atoms with Crippen molar-refractivity contribution in [2.24, 2.45) is 0 Å². The van der Waals surface area contributed by atoms with Crippen LogP contribution in [0.2, 0.25) is 0 Å². The molecule has 2 unspecified atom stereocenters. The maximum atomic E-state index is 11.9. The van der Waals surface area contributed by atoms with Gasteiger partial charge in [0.2, 0.25) is 0 Å². The molecule has 86 valence electrons. The van der Waals surface area contributed by atoms with Crippen molar-refractivity contribution in [3.05, 3.63) is 59.9 Å². The zero-order chi connectivity index (χ0) is 11.8. The molecule has 3 rings (SSSR count). The van der Waals surface area contributed by atoms with Crippen LogP contribution >= 0.6 is 0 Å². The number of fused-ring (bicyclic) bond motifs is 1. The van der Waals surface area contributed by atoms with E-state index in [0.29, 0.717) is 6.42 Å². The van der Waals surface area contributed by atoms with E-state index in [1.165, 1.54) is 0 Å². The number of benzene rings is 1. The lowest BCUT2D eigenvalue weighted by Crippen LogP contribution is -2.20. The summed E-state index contributed by atoms with van der Waals surface area (Å²) in [6, 6.07) is 12.7. The van der Waals surface area contributed by atoms with E-state index < -0.39 is 12.1 Å². The standard InChI is InChI=1S/C14H13NO2/c16-12-9-11-7-4-8-15(11)13(12)14(17)10-5-2-1-3-6-10/h1-8,13-14,17H,9H2. The van der Waals surface area contributed by atoms with Crippen LogP contribution in [0.25, 0.3) is 0 Å². The van der Waals surface area contributed by atoms with Crippen molar-refractivity contribution in [2.45, 2.75) is 18.6 Å². The van der Waals surface area contributed by atoms with Gasteiger partial charge < -0.3 is 9.67 Å². The summed E-state index contributed by atoms with van der Waals surface area (Å²) in [6.07, 6.45) is 1.51. The van der Waals surface area contributed by atoms with E-state index in [1.807, 2.05) is 53.2 Å². The van der Waals surface area contributed by atoms with Crippen LogP contribution in [0.1, 0.15) is 23.4 Å². The number of hydrogen-bond acceptors (Lipinski definition) is 2. The molecular formula is C14H13NO2. The first-order chi connectivity index (χ1) is 8.27. The highest BCUT2D eigenvalue weighted by Gasteiger charge is 2.35. The molecule has 0 radical (unpaired) electrons. The van der Waals surface area contributed by atoms with Crippen molar-refractivity contribution in [1.29, 1.82) is 0 Å². The fourth-order valence-electron chi connectivity index (χ4n) is 2.45. The molecule has 2 heterocycles. The molecule has 0 bridgehead atoms. The Kier molecular flexibility index (Phi) is 2.34. The molecule has 17 heavy (non-hydrogen) atoms. The van der Waals surface area contributed by atoms with Gasteiger partial charge in [-0.05, 0) is 17.7 Å². The van der Waals surface area contributed by atoms with Gasteiger partial charge in [0.1, 0.15) is 12.1 Å². The van der Waals surface area contributed by atoms with Gasteiger partial charge in [-0.2, -0.15) is 0 Å². The number of ketones is 1. The summed E-state index contributed by atoms with van der Waals surface area (Å²) >= 11 is 0. The molecule has 1 aliphatic rings. The number of aliphatic hydroxyl groups is 1. The summed E-state index contributed by atoms with van der Waals surface area (Å²) in [4.78, 5) is 11.9. The van der Waals surface area contributed by atoms with Crippen LogP contribution < -0.4 is 0 Å². The minimum Gasteiger partial charge on any atom is -0.386 e. The molecule has 2 atom stereocenters. The lowest BCUT2D eigenvalue weighted by atomic mass is 9.99. The van der Waals surface area contributed by atoms with Crippen LogP contribution in [-0.4, -0.2) is 15.5 Å². The highest BCUT2D eigenvalue weighted by Crippen LogP contribution is 2.33. The smallest absolute Gasteiger partial charge is 0.164 e. The quantitative estimate of drug-likeness (QED) is 0.851. The lowest BCUT2D eigenvalue weighted by Gasteiger charge is -2.19. The number of hydrogen-bond donors (Lipinski definition) is 1. The van der Waals surface area contributed by atoms with Gasteiger partial charge in [0.25, 0.3) is 0 Å². The maximum Gasteiger partial charge on any atom is 0.164 e. The Bertz CT molecular complexity index is 544. The lowest BCUT2D eigenvalue weighted by molar-refractivity contribution is -0.123. The zero-order valence-corrected chi connectivity index (χ0v) is 9.28. The van der Waals surface area contributed by atoms with Crippen molar-refractivity contribution < 1.29 is 9.90 Å². The van der Waals surface area contributed by atoms with Gasteiger partial charge in [0.15, 0.2) is 5.78 Å². The summed E-state index contributed by atoms with van der Waals surface area (Å²) in [5.41, 5.74) is 1.77. The highest BCUT2D eigenvalue weighted by molar-refractivity contribution is 5.88. The highest BCUT2D eigenvalue weighted by atomic mass is 16.3. The molecule has 3 heteroatoms. The molecule has 0 amide bonds. The number of aromatic nitrogens is 1. The van der Waals surface area contributed by atoms with E-state index in [9.17, 15) is 9.90 Å². The summed E-state index contributed by atoms with van der Waals surface area (Å²) < 4.78 is 1.88. The fraction of sp³-hybridized carbons (Fsp3) is 0.214. The van der Waals surface area contributed by atoms with Gasteiger partial charge in [-0.25, -0.2) is 0 Å². The van der Waals surface area contributed by atoms with Gasteiger partial charge in [0, 0.05) is 18.3 Å². The number of rotatable bonds is 2. The number of Topliss-reactive ketones (excluding diaryl/α,β-unsaturated/α-hetero) is 1. The molecule has 0 saturated carbocycles. The first-order valence-corrected chi connectivity index (χ1v) is 5.69. The van der Waals surface area contributed by atoms with E-state index in [-0.39, 0.29) is 5.78 Å². The molecule has 1 aliphatic heterocycles. The molecule has 0 spiro atoms. The third kappa shape index (κ3) is 1.59. The van der Waals surface area contributed by atoms with E-state index in [4.69, 9.17) is 0 Å². The molecule has 1 aromatic heterocycles. The topological polar surface area (TPSA) is 42.2 Å². The summed E-state index contributed by atoms with van der Waals surface area (Å²) in [6.45, 7) is 0. The second-order valence-electron chi connectivity index (χ2n) is 4.35. The minimum absolute atomic E-state index is 0.0805. The van der Waals surface area contributed by atoms with Crippen LogP contribution in [0.5, 0.6) is 0 Å². The van der Waals surface area contributed by atoms with Crippen LogP contribution in [0.3, 0.4) is 0 Å². The minimum atomic E-state index is -0.766. The predicted octanol–water partition coefficient (Wildman–Crippen LogP) is 1.89. The van der Waals surface area contributed by atoms with Gasteiger partial charge >= 0.3 is 0 Å². The second-order valence-corrected chi connectivity index (χ2v) is 4.35. The van der Waals surface area contributed by atoms with Crippen molar-refractivity contribution in [1.82, 2.24) is 4.57 Å². The molecule has 3 nitrogen and oxygen atoms in total. The number of aliphatic hydroxyl groups excluding tert-OH is 1. The third-order valence-electron chi connectivity index (χ3n) is 3.29. The average molecular weight is 227 g/mol. The van der Waals surface area contributed by atoms with Crippen molar-refractivity contribution in [3.63, 3.8) is 0 Å². The normalized spacial score (nSPS) is 20.3. The fourth-order valence-corrected chi connectivity index (χ4v) is 2.45. The molecular weight excluding hydrogens is 214 g/mol. The van der Waals surface area contributed by atoms with Crippen LogP contribution in [0.4, 0.5) is 0 Å². The van der Waals surface area contributed by atoms with E-state index in [0.717, 1.165) is 11.3 Å². The average Bonchev–Trinajstić information content (AvgIpc) is 2.89.